The van der Waals surface area contributed by atoms with Crippen LogP contribution in [0.2, 0.25) is 5.15 Å². The topological polar surface area (TPSA) is 106 Å². The highest BCUT2D eigenvalue weighted by molar-refractivity contribution is 6.29. The monoisotopic (exact) mass is 398 g/mol. The summed E-state index contributed by atoms with van der Waals surface area (Å²) in [6.07, 6.45) is 1.71. The molecule has 0 atom stereocenters. The molecule has 3 heterocycles. The molecular weight excluding hydrogens is 384 g/mol. The molecule has 0 N–H and O–H groups in total. The van der Waals surface area contributed by atoms with Gasteiger partial charge in [-0.05, 0) is 41.1 Å². The van der Waals surface area contributed by atoms with E-state index in [0.717, 1.165) is 11.1 Å². The fourth-order valence-corrected chi connectivity index (χ4v) is 2.73. The number of hydrogen-bond donors (Lipinski definition) is 0. The zero-order valence-corrected chi connectivity index (χ0v) is 15.8. The van der Waals surface area contributed by atoms with Gasteiger partial charge in [-0.3, -0.25) is 0 Å². The summed E-state index contributed by atoms with van der Waals surface area (Å²) in [6.45, 7) is 2.14. The standard InChI is InChI=1S/C17H15ClN8O2/c1-11-4-3-5-13(26-17(27)24(2)22-23-26)12(11)10-28-16-8-9-25(21-16)15-7-6-14(18)19-20-15/h3-9H,10H2,1-2H3. The lowest BCUT2D eigenvalue weighted by atomic mass is 10.1. The minimum atomic E-state index is -0.336. The minimum Gasteiger partial charge on any atom is -0.472 e. The number of aryl methyl sites for hydroxylation is 2. The molecule has 1 aromatic carbocycles. The molecule has 0 fully saturated rings. The SMILES string of the molecule is Cc1cccc(-n2nnn(C)c2=O)c1COc1ccn(-c2ccc(Cl)nn2)n1. The smallest absolute Gasteiger partial charge is 0.368 e. The maximum atomic E-state index is 12.2. The molecule has 4 aromatic rings. The quantitative estimate of drug-likeness (QED) is 0.501. The van der Waals surface area contributed by atoms with E-state index in [2.05, 4.69) is 25.7 Å². The number of halogens is 1. The molecule has 0 aliphatic rings. The van der Waals surface area contributed by atoms with Crippen LogP contribution in [0, 0.1) is 6.92 Å². The fraction of sp³-hybridized carbons (Fsp3) is 0.176. The zero-order chi connectivity index (χ0) is 19.7. The number of benzene rings is 1. The molecule has 4 rings (SSSR count). The van der Waals surface area contributed by atoms with E-state index in [0.29, 0.717) is 22.5 Å². The Labute approximate surface area is 163 Å². The van der Waals surface area contributed by atoms with Crippen LogP contribution in [0.3, 0.4) is 0 Å². The number of aromatic nitrogens is 8. The second kappa shape index (κ2) is 7.24. The van der Waals surface area contributed by atoms with Crippen molar-refractivity contribution >= 4 is 11.6 Å². The van der Waals surface area contributed by atoms with Gasteiger partial charge in [0, 0.05) is 24.9 Å². The minimum absolute atomic E-state index is 0.203. The molecule has 0 spiro atoms. The van der Waals surface area contributed by atoms with E-state index < -0.39 is 0 Å². The average Bonchev–Trinajstić information content (AvgIpc) is 3.29. The average molecular weight is 399 g/mol. The van der Waals surface area contributed by atoms with Gasteiger partial charge in [-0.1, -0.05) is 23.7 Å². The van der Waals surface area contributed by atoms with Crippen LogP contribution in [0.1, 0.15) is 11.1 Å². The lowest BCUT2D eigenvalue weighted by Gasteiger charge is -2.11. The van der Waals surface area contributed by atoms with Gasteiger partial charge >= 0.3 is 5.69 Å². The van der Waals surface area contributed by atoms with Gasteiger partial charge in [-0.2, -0.15) is 9.36 Å². The van der Waals surface area contributed by atoms with Crippen molar-refractivity contribution < 1.29 is 4.74 Å². The Kier molecular flexibility index (Phi) is 4.62. The molecular formula is C17H15ClN8O2. The van der Waals surface area contributed by atoms with Crippen molar-refractivity contribution in [1.82, 2.24) is 39.8 Å². The van der Waals surface area contributed by atoms with Crippen molar-refractivity contribution in [2.75, 3.05) is 0 Å². The molecule has 142 valence electrons. The van der Waals surface area contributed by atoms with E-state index in [1.807, 2.05) is 19.1 Å². The van der Waals surface area contributed by atoms with Crippen molar-refractivity contribution in [2.24, 2.45) is 7.05 Å². The van der Waals surface area contributed by atoms with Crippen molar-refractivity contribution in [2.45, 2.75) is 13.5 Å². The first-order valence-corrected chi connectivity index (χ1v) is 8.66. The van der Waals surface area contributed by atoms with Crippen LogP contribution in [-0.2, 0) is 13.7 Å². The largest absolute Gasteiger partial charge is 0.472 e. The first-order chi connectivity index (χ1) is 13.5. The Morgan fingerprint density at radius 3 is 2.68 bits per heavy atom. The lowest BCUT2D eigenvalue weighted by Crippen LogP contribution is -2.23. The molecule has 0 aliphatic heterocycles. The predicted molar refractivity (Wildman–Crippen MR) is 99.8 cm³/mol. The third kappa shape index (κ3) is 3.37. The van der Waals surface area contributed by atoms with Gasteiger partial charge in [-0.15, -0.1) is 15.3 Å². The molecule has 0 aliphatic carbocycles. The van der Waals surface area contributed by atoms with E-state index >= 15 is 0 Å². The molecule has 0 unspecified atom stereocenters. The Balaban J connectivity index is 1.58. The van der Waals surface area contributed by atoms with Gasteiger partial charge in [0.05, 0.1) is 5.69 Å². The molecule has 0 saturated carbocycles. The summed E-state index contributed by atoms with van der Waals surface area (Å²) >= 11 is 5.75. The van der Waals surface area contributed by atoms with E-state index in [1.165, 1.54) is 14.0 Å². The fourth-order valence-electron chi connectivity index (χ4n) is 2.63. The van der Waals surface area contributed by atoms with Gasteiger partial charge in [0.1, 0.15) is 6.61 Å². The maximum absolute atomic E-state index is 12.2. The number of rotatable bonds is 5. The van der Waals surface area contributed by atoms with Crippen LogP contribution in [0.15, 0.2) is 47.4 Å². The summed E-state index contributed by atoms with van der Waals surface area (Å²) in [4.78, 5) is 12.2. The normalized spacial score (nSPS) is 11.0. The summed E-state index contributed by atoms with van der Waals surface area (Å²) in [7, 11) is 1.55. The molecule has 28 heavy (non-hydrogen) atoms. The third-order valence-electron chi connectivity index (χ3n) is 4.12. The van der Waals surface area contributed by atoms with E-state index in [1.54, 1.807) is 37.5 Å². The zero-order valence-electron chi connectivity index (χ0n) is 15.0. The third-order valence-corrected chi connectivity index (χ3v) is 4.32. The molecule has 11 heteroatoms. The predicted octanol–water partition coefficient (Wildman–Crippen LogP) is 1.48. The van der Waals surface area contributed by atoms with Crippen LogP contribution >= 0.6 is 11.6 Å². The van der Waals surface area contributed by atoms with Gasteiger partial charge in [0.2, 0.25) is 5.88 Å². The number of nitrogens with zero attached hydrogens (tertiary/aromatic N) is 8. The summed E-state index contributed by atoms with van der Waals surface area (Å²) in [6, 6.07) is 10.6. The summed E-state index contributed by atoms with van der Waals surface area (Å²) in [5, 5.41) is 20.1. The Morgan fingerprint density at radius 1 is 1.11 bits per heavy atom. The first kappa shape index (κ1) is 17.9. The second-order valence-electron chi connectivity index (χ2n) is 5.97. The van der Waals surface area contributed by atoms with Gasteiger partial charge in [-0.25, -0.2) is 9.48 Å². The van der Waals surface area contributed by atoms with Gasteiger partial charge in [0.25, 0.3) is 0 Å². The summed E-state index contributed by atoms with van der Waals surface area (Å²) in [5.74, 6) is 0.916. The van der Waals surface area contributed by atoms with Crippen LogP contribution in [0.5, 0.6) is 5.88 Å². The molecule has 10 nitrogen and oxygen atoms in total. The second-order valence-corrected chi connectivity index (χ2v) is 6.36. The molecule has 3 aromatic heterocycles. The molecule has 0 amide bonds. The van der Waals surface area contributed by atoms with Crippen molar-refractivity contribution in [3.05, 3.63) is 69.4 Å². The van der Waals surface area contributed by atoms with Crippen molar-refractivity contribution in [3.63, 3.8) is 0 Å². The Hall–Kier alpha value is -3.53. The Morgan fingerprint density at radius 2 is 1.96 bits per heavy atom. The highest BCUT2D eigenvalue weighted by Gasteiger charge is 2.14. The number of tetrazole rings is 1. The molecule has 0 bridgehead atoms. The molecule has 0 radical (unpaired) electrons. The highest BCUT2D eigenvalue weighted by Crippen LogP contribution is 2.20. The van der Waals surface area contributed by atoms with Gasteiger partial charge < -0.3 is 4.74 Å². The maximum Gasteiger partial charge on any atom is 0.368 e. The van der Waals surface area contributed by atoms with E-state index in [9.17, 15) is 4.79 Å². The lowest BCUT2D eigenvalue weighted by molar-refractivity contribution is 0.290. The number of hydrogen-bond acceptors (Lipinski definition) is 7. The van der Waals surface area contributed by atoms with Crippen molar-refractivity contribution in [3.8, 4) is 17.4 Å². The first-order valence-electron chi connectivity index (χ1n) is 8.29. The number of ether oxygens (including phenoxy) is 1. The summed E-state index contributed by atoms with van der Waals surface area (Å²) < 4.78 is 9.78. The van der Waals surface area contributed by atoms with Gasteiger partial charge in [0.15, 0.2) is 11.0 Å². The Bertz CT molecular complexity index is 1180. The van der Waals surface area contributed by atoms with E-state index in [4.69, 9.17) is 16.3 Å². The van der Waals surface area contributed by atoms with E-state index in [-0.39, 0.29) is 12.3 Å². The highest BCUT2D eigenvalue weighted by atomic mass is 35.5. The van der Waals surface area contributed by atoms with Crippen molar-refractivity contribution in [1.29, 1.82) is 0 Å². The van der Waals surface area contributed by atoms with Crippen LogP contribution < -0.4 is 10.4 Å². The van der Waals surface area contributed by atoms with Crippen LogP contribution in [0.25, 0.3) is 11.5 Å². The van der Waals surface area contributed by atoms with Crippen LogP contribution in [-0.4, -0.2) is 39.8 Å². The molecule has 0 saturated heterocycles. The van der Waals surface area contributed by atoms with Crippen LogP contribution in [0.4, 0.5) is 0 Å². The summed E-state index contributed by atoms with van der Waals surface area (Å²) in [5.41, 5.74) is 2.04.